The van der Waals surface area contributed by atoms with Gasteiger partial charge in [0.15, 0.2) is 6.10 Å². The number of unbranched alkanes of at least 4 members (excludes halogenated alkanes) is 40. The van der Waals surface area contributed by atoms with E-state index in [0.29, 0.717) is 19.3 Å². The highest BCUT2D eigenvalue weighted by atomic mass is 16.6. The molecule has 0 amide bonds. The first-order valence-electron chi connectivity index (χ1n) is 28.7. The molecule has 0 unspecified atom stereocenters. The quantitative estimate of drug-likeness (QED) is 0.0262. The van der Waals surface area contributed by atoms with E-state index in [-0.39, 0.29) is 31.1 Å². The normalized spacial score (nSPS) is 12.0. The lowest BCUT2D eigenvalue weighted by atomic mass is 10.0. The standard InChI is InChI=1S/C58H110O6/c1-4-7-10-13-16-19-22-25-26-27-28-29-30-31-32-34-37-40-43-46-49-52-58(61)64-55(53-62-56(59)50-47-44-41-38-35-24-21-18-15-12-9-6-3)54-63-57(60)51-48-45-42-39-36-33-23-20-17-14-11-8-5-2/h25-26,55H,4-24,27-54H2,1-3H3/b26-25-/t55-/m0/s1. The largest absolute Gasteiger partial charge is 0.462 e. The average molecular weight is 904 g/mol. The van der Waals surface area contributed by atoms with Gasteiger partial charge in [0.25, 0.3) is 0 Å². The van der Waals surface area contributed by atoms with Crippen molar-refractivity contribution >= 4 is 17.9 Å². The van der Waals surface area contributed by atoms with Gasteiger partial charge in [-0.2, -0.15) is 0 Å². The molecule has 64 heavy (non-hydrogen) atoms. The van der Waals surface area contributed by atoms with Crippen molar-refractivity contribution in [1.29, 1.82) is 0 Å². The van der Waals surface area contributed by atoms with Crippen molar-refractivity contribution in [3.63, 3.8) is 0 Å². The molecule has 0 aliphatic heterocycles. The third kappa shape index (κ3) is 51.1. The molecule has 0 bridgehead atoms. The van der Waals surface area contributed by atoms with Crippen LogP contribution in [0.5, 0.6) is 0 Å². The van der Waals surface area contributed by atoms with Crippen LogP contribution in [-0.4, -0.2) is 37.2 Å². The Kier molecular flexibility index (Phi) is 52.2. The smallest absolute Gasteiger partial charge is 0.306 e. The van der Waals surface area contributed by atoms with Crippen molar-refractivity contribution in [3.05, 3.63) is 12.2 Å². The molecular weight excluding hydrogens is 793 g/mol. The zero-order valence-corrected chi connectivity index (χ0v) is 43.3. The van der Waals surface area contributed by atoms with Gasteiger partial charge in [0, 0.05) is 19.3 Å². The lowest BCUT2D eigenvalue weighted by Crippen LogP contribution is -2.30. The van der Waals surface area contributed by atoms with Crippen molar-refractivity contribution in [2.45, 2.75) is 329 Å². The van der Waals surface area contributed by atoms with Crippen LogP contribution in [0.25, 0.3) is 0 Å². The summed E-state index contributed by atoms with van der Waals surface area (Å²) >= 11 is 0. The summed E-state index contributed by atoms with van der Waals surface area (Å²) in [7, 11) is 0. The Hall–Kier alpha value is -1.85. The highest BCUT2D eigenvalue weighted by Gasteiger charge is 2.19. The van der Waals surface area contributed by atoms with Crippen LogP contribution in [0.1, 0.15) is 323 Å². The van der Waals surface area contributed by atoms with Gasteiger partial charge < -0.3 is 14.2 Å². The van der Waals surface area contributed by atoms with E-state index in [1.165, 1.54) is 225 Å². The van der Waals surface area contributed by atoms with E-state index in [1.807, 2.05) is 0 Å². The monoisotopic (exact) mass is 903 g/mol. The molecule has 6 heteroatoms. The zero-order valence-electron chi connectivity index (χ0n) is 43.3. The van der Waals surface area contributed by atoms with E-state index >= 15 is 0 Å². The average Bonchev–Trinajstić information content (AvgIpc) is 3.29. The fraction of sp³-hybridized carbons (Fsp3) is 0.914. The zero-order chi connectivity index (χ0) is 46.5. The predicted octanol–water partition coefficient (Wildman–Crippen LogP) is 18.9. The van der Waals surface area contributed by atoms with Gasteiger partial charge in [0.2, 0.25) is 0 Å². The van der Waals surface area contributed by atoms with Crippen molar-refractivity contribution in [2.24, 2.45) is 0 Å². The van der Waals surface area contributed by atoms with Crippen LogP contribution in [0.15, 0.2) is 12.2 Å². The number of hydrogen-bond acceptors (Lipinski definition) is 6. The van der Waals surface area contributed by atoms with Crippen LogP contribution in [0, 0.1) is 0 Å². The number of carbonyl (C=O) groups excluding carboxylic acids is 3. The van der Waals surface area contributed by atoms with Gasteiger partial charge in [-0.25, -0.2) is 0 Å². The van der Waals surface area contributed by atoms with Crippen molar-refractivity contribution in [3.8, 4) is 0 Å². The topological polar surface area (TPSA) is 78.9 Å². The molecule has 0 saturated carbocycles. The Morgan fingerprint density at radius 2 is 0.516 bits per heavy atom. The lowest BCUT2D eigenvalue weighted by Gasteiger charge is -2.18. The number of rotatable bonds is 53. The number of carbonyl (C=O) groups is 3. The second-order valence-electron chi connectivity index (χ2n) is 19.6. The summed E-state index contributed by atoms with van der Waals surface area (Å²) in [6, 6.07) is 0. The minimum Gasteiger partial charge on any atom is -0.462 e. The van der Waals surface area contributed by atoms with Crippen LogP contribution < -0.4 is 0 Å². The van der Waals surface area contributed by atoms with Gasteiger partial charge in [0.05, 0.1) is 0 Å². The van der Waals surface area contributed by atoms with Crippen molar-refractivity contribution in [1.82, 2.24) is 0 Å². The van der Waals surface area contributed by atoms with Crippen LogP contribution in [0.3, 0.4) is 0 Å². The van der Waals surface area contributed by atoms with Crippen LogP contribution in [-0.2, 0) is 28.6 Å². The van der Waals surface area contributed by atoms with E-state index in [4.69, 9.17) is 14.2 Å². The van der Waals surface area contributed by atoms with E-state index in [9.17, 15) is 14.4 Å². The molecule has 1 atom stereocenters. The van der Waals surface area contributed by atoms with Gasteiger partial charge in [-0.1, -0.05) is 270 Å². The molecule has 0 N–H and O–H groups in total. The molecule has 0 fully saturated rings. The number of esters is 3. The lowest BCUT2D eigenvalue weighted by molar-refractivity contribution is -0.167. The molecule has 0 aromatic carbocycles. The molecule has 0 aliphatic carbocycles. The molecule has 6 nitrogen and oxygen atoms in total. The third-order valence-corrected chi connectivity index (χ3v) is 13.0. The molecule has 0 heterocycles. The molecule has 0 saturated heterocycles. The number of ether oxygens (including phenoxy) is 3. The Morgan fingerprint density at radius 3 is 0.781 bits per heavy atom. The number of allylic oxidation sites excluding steroid dienone is 2. The minimum absolute atomic E-state index is 0.0642. The Labute approximate surface area is 399 Å². The van der Waals surface area contributed by atoms with Crippen LogP contribution in [0.2, 0.25) is 0 Å². The molecule has 378 valence electrons. The number of hydrogen-bond donors (Lipinski definition) is 0. The maximum atomic E-state index is 12.8. The molecule has 0 aromatic rings. The summed E-state index contributed by atoms with van der Waals surface area (Å²) in [5, 5.41) is 0. The van der Waals surface area contributed by atoms with E-state index in [0.717, 1.165) is 57.8 Å². The summed E-state index contributed by atoms with van der Waals surface area (Å²) < 4.78 is 16.9. The first-order valence-corrected chi connectivity index (χ1v) is 28.7. The van der Waals surface area contributed by atoms with Gasteiger partial charge >= 0.3 is 17.9 Å². The maximum absolute atomic E-state index is 12.8. The molecule has 0 aliphatic rings. The second kappa shape index (κ2) is 53.8. The highest BCUT2D eigenvalue weighted by molar-refractivity contribution is 5.71. The third-order valence-electron chi connectivity index (χ3n) is 13.0. The predicted molar refractivity (Wildman–Crippen MR) is 275 cm³/mol. The van der Waals surface area contributed by atoms with Gasteiger partial charge in [0.1, 0.15) is 13.2 Å². The van der Waals surface area contributed by atoms with Crippen LogP contribution in [0.4, 0.5) is 0 Å². The summed E-state index contributed by atoms with van der Waals surface area (Å²) in [5.41, 5.74) is 0. The highest BCUT2D eigenvalue weighted by Crippen LogP contribution is 2.17. The van der Waals surface area contributed by atoms with Gasteiger partial charge in [-0.05, 0) is 44.9 Å². The minimum atomic E-state index is -0.764. The fourth-order valence-corrected chi connectivity index (χ4v) is 8.68. The molecule has 0 spiro atoms. The Bertz CT molecular complexity index is 993. The molecular formula is C58H110O6. The second-order valence-corrected chi connectivity index (χ2v) is 19.6. The molecule has 0 rings (SSSR count). The first kappa shape index (κ1) is 62.1. The van der Waals surface area contributed by atoms with E-state index in [1.54, 1.807) is 0 Å². The summed E-state index contributed by atoms with van der Waals surface area (Å²) in [6.45, 7) is 6.68. The van der Waals surface area contributed by atoms with Gasteiger partial charge in [-0.15, -0.1) is 0 Å². The molecule has 0 aromatic heterocycles. The van der Waals surface area contributed by atoms with E-state index < -0.39 is 6.10 Å². The summed E-state index contributed by atoms with van der Waals surface area (Å²) in [4.78, 5) is 38.1. The first-order chi connectivity index (χ1) is 31.5. The summed E-state index contributed by atoms with van der Waals surface area (Å²) in [5.74, 6) is -0.843. The fourth-order valence-electron chi connectivity index (χ4n) is 8.68. The molecule has 0 radical (unpaired) electrons. The Morgan fingerprint density at radius 1 is 0.297 bits per heavy atom. The van der Waals surface area contributed by atoms with Gasteiger partial charge in [-0.3, -0.25) is 14.4 Å². The van der Waals surface area contributed by atoms with Crippen molar-refractivity contribution in [2.75, 3.05) is 13.2 Å². The van der Waals surface area contributed by atoms with Crippen LogP contribution >= 0.6 is 0 Å². The summed E-state index contributed by atoms with van der Waals surface area (Å²) in [6.07, 6.45) is 60.6. The SMILES string of the molecule is CCCCCCCC/C=C\CCCCCCCCCCCCCC(=O)O[C@@H](COC(=O)CCCCCCCCCCCCCC)COC(=O)CCCCCCCCCCCCCCC. The van der Waals surface area contributed by atoms with E-state index in [2.05, 4.69) is 32.9 Å². The Balaban J connectivity index is 4.26. The van der Waals surface area contributed by atoms with Crippen molar-refractivity contribution < 1.29 is 28.6 Å². The maximum Gasteiger partial charge on any atom is 0.306 e.